The molecule has 3 aromatic carbocycles. The summed E-state index contributed by atoms with van der Waals surface area (Å²) in [5, 5.41) is 4.54. The highest BCUT2D eigenvalue weighted by Gasteiger charge is 2.20. The summed E-state index contributed by atoms with van der Waals surface area (Å²) in [7, 11) is -2.13. The molecule has 190 valence electrons. The topological polar surface area (TPSA) is 94.5 Å². The summed E-state index contributed by atoms with van der Waals surface area (Å²) in [5.74, 6) is 0.805. The maximum atomic E-state index is 13.1. The van der Waals surface area contributed by atoms with Crippen molar-refractivity contribution in [1.29, 1.82) is 0 Å². The molecule has 0 aliphatic carbocycles. The number of fused-ring (bicyclic) bond motifs is 1. The third-order valence-corrected chi connectivity index (χ3v) is 7.54. The average Bonchev–Trinajstić information content (AvgIpc) is 2.88. The molecule has 0 unspecified atom stereocenters. The van der Waals surface area contributed by atoms with E-state index in [1.165, 1.54) is 16.7 Å². The Bertz CT molecular complexity index is 1700. The molecular weight excluding hydrogens is 488 g/mol. The number of amides is 1. The van der Waals surface area contributed by atoms with E-state index < -0.39 is 9.84 Å². The minimum absolute atomic E-state index is 0.0484. The molecule has 1 aromatic heterocycles. The number of para-hydroxylation sites is 1. The highest BCUT2D eigenvalue weighted by molar-refractivity contribution is 7.94. The van der Waals surface area contributed by atoms with Gasteiger partial charge in [0.05, 0.1) is 4.90 Å². The first-order valence-corrected chi connectivity index (χ1v) is 13.3. The van der Waals surface area contributed by atoms with Crippen molar-refractivity contribution in [3.63, 3.8) is 0 Å². The maximum Gasteiger partial charge on any atom is 0.258 e. The normalized spacial score (nSPS) is 11.4. The fourth-order valence-corrected chi connectivity index (χ4v) is 4.97. The summed E-state index contributed by atoms with van der Waals surface area (Å²) < 4.78 is 33.1. The largest absolute Gasteiger partial charge is 0.456 e. The standard InChI is InChI=1S/C29H28N2O5S/c1-6-30-28(32)20-11-13-22-24(15-20)29(33)31(5)17-25(22)23-16-21(37(34,35)7-2)12-14-26(23)36-27-18(3)9-8-10-19(27)4/h7-17H,2,6H2,1,3-5H3,(H,30,32). The van der Waals surface area contributed by atoms with Crippen LogP contribution in [0.2, 0.25) is 0 Å². The number of carbonyl (C=O) groups excluding carboxylic acids is 1. The number of aromatic nitrogens is 1. The molecule has 0 saturated carbocycles. The molecule has 4 rings (SSSR count). The van der Waals surface area contributed by atoms with Crippen LogP contribution in [0, 0.1) is 13.8 Å². The van der Waals surface area contributed by atoms with Crippen molar-refractivity contribution < 1.29 is 17.9 Å². The second-order valence-electron chi connectivity index (χ2n) is 8.77. The van der Waals surface area contributed by atoms with Gasteiger partial charge in [0, 0.05) is 47.3 Å². The maximum absolute atomic E-state index is 13.1. The van der Waals surface area contributed by atoms with Crippen LogP contribution in [-0.4, -0.2) is 25.4 Å². The van der Waals surface area contributed by atoms with E-state index in [2.05, 4.69) is 11.9 Å². The highest BCUT2D eigenvalue weighted by atomic mass is 32.2. The Balaban J connectivity index is 2.03. The molecule has 0 aliphatic heterocycles. The molecule has 37 heavy (non-hydrogen) atoms. The number of nitrogens with zero attached hydrogens (tertiary/aromatic N) is 1. The summed E-state index contributed by atoms with van der Waals surface area (Å²) in [4.78, 5) is 25.6. The molecule has 4 aromatic rings. The van der Waals surface area contributed by atoms with Gasteiger partial charge >= 0.3 is 0 Å². The van der Waals surface area contributed by atoms with Gasteiger partial charge in [0.1, 0.15) is 11.5 Å². The van der Waals surface area contributed by atoms with Crippen LogP contribution in [0.1, 0.15) is 28.4 Å². The lowest BCUT2D eigenvalue weighted by Crippen LogP contribution is -2.23. The van der Waals surface area contributed by atoms with E-state index in [1.54, 1.807) is 37.5 Å². The molecule has 8 heteroatoms. The third-order valence-electron chi connectivity index (χ3n) is 6.19. The molecule has 1 heterocycles. The lowest BCUT2D eigenvalue weighted by Gasteiger charge is -2.18. The fraction of sp³-hybridized carbons (Fsp3) is 0.172. The van der Waals surface area contributed by atoms with Crippen LogP contribution in [0.15, 0.2) is 82.5 Å². The molecule has 0 fully saturated rings. The molecule has 7 nitrogen and oxygen atoms in total. The quantitative estimate of drug-likeness (QED) is 0.361. The van der Waals surface area contributed by atoms with Crippen molar-refractivity contribution in [2.45, 2.75) is 25.7 Å². The lowest BCUT2D eigenvalue weighted by molar-refractivity contribution is 0.0956. The van der Waals surface area contributed by atoms with E-state index in [1.807, 2.05) is 39.0 Å². The molecular formula is C29H28N2O5S. The zero-order chi connectivity index (χ0) is 26.9. The predicted molar refractivity (Wildman–Crippen MR) is 146 cm³/mol. The molecule has 0 atom stereocenters. The van der Waals surface area contributed by atoms with Gasteiger partial charge in [-0.15, -0.1) is 0 Å². The molecule has 0 saturated heterocycles. The van der Waals surface area contributed by atoms with E-state index in [0.29, 0.717) is 45.5 Å². The monoisotopic (exact) mass is 516 g/mol. The molecule has 0 bridgehead atoms. The second-order valence-corrected chi connectivity index (χ2v) is 10.7. The summed E-state index contributed by atoms with van der Waals surface area (Å²) in [5.41, 5.74) is 2.99. The number of hydrogen-bond acceptors (Lipinski definition) is 5. The smallest absolute Gasteiger partial charge is 0.258 e. The van der Waals surface area contributed by atoms with Crippen LogP contribution in [0.3, 0.4) is 0 Å². The second kappa shape index (κ2) is 10.1. The zero-order valence-corrected chi connectivity index (χ0v) is 22.0. The molecule has 1 N–H and O–H groups in total. The van der Waals surface area contributed by atoms with Gasteiger partial charge in [0.25, 0.3) is 11.5 Å². The molecule has 0 aliphatic rings. The Hall–Kier alpha value is -4.17. The number of hydrogen-bond donors (Lipinski definition) is 1. The van der Waals surface area contributed by atoms with Crippen molar-refractivity contribution in [3.8, 4) is 22.6 Å². The van der Waals surface area contributed by atoms with Gasteiger partial charge in [0.15, 0.2) is 9.84 Å². The first kappa shape index (κ1) is 25.9. The van der Waals surface area contributed by atoms with E-state index >= 15 is 0 Å². The lowest BCUT2D eigenvalue weighted by atomic mass is 9.98. The van der Waals surface area contributed by atoms with Crippen LogP contribution in [0.4, 0.5) is 0 Å². The minimum atomic E-state index is -3.74. The Kier molecular flexibility index (Phi) is 7.05. The fourth-order valence-electron chi connectivity index (χ4n) is 4.24. The number of nitrogens with one attached hydrogen (secondary N) is 1. The van der Waals surface area contributed by atoms with Crippen molar-refractivity contribution in [2.75, 3.05) is 6.54 Å². The number of benzene rings is 3. The van der Waals surface area contributed by atoms with Crippen LogP contribution in [-0.2, 0) is 16.9 Å². The SMILES string of the molecule is C=CS(=O)(=O)c1ccc(Oc2c(C)cccc2C)c(-c2cn(C)c(=O)c3cc(C(=O)NCC)ccc23)c1. The van der Waals surface area contributed by atoms with Crippen LogP contribution in [0.25, 0.3) is 21.9 Å². The third kappa shape index (κ3) is 4.93. The number of aryl methyl sites for hydroxylation is 3. The summed E-state index contributed by atoms with van der Waals surface area (Å²) in [6.45, 7) is 9.58. The van der Waals surface area contributed by atoms with Crippen molar-refractivity contribution in [2.24, 2.45) is 7.05 Å². The van der Waals surface area contributed by atoms with Crippen molar-refractivity contribution in [1.82, 2.24) is 9.88 Å². The van der Waals surface area contributed by atoms with Gasteiger partial charge in [-0.3, -0.25) is 9.59 Å². The van der Waals surface area contributed by atoms with E-state index in [-0.39, 0.29) is 16.4 Å². The molecule has 0 spiro atoms. The highest BCUT2D eigenvalue weighted by Crippen LogP contribution is 2.40. The number of carbonyl (C=O) groups is 1. The van der Waals surface area contributed by atoms with E-state index in [0.717, 1.165) is 16.5 Å². The predicted octanol–water partition coefficient (Wildman–Crippen LogP) is 5.28. The zero-order valence-electron chi connectivity index (χ0n) is 21.2. The average molecular weight is 517 g/mol. The Morgan fingerprint density at radius 3 is 2.38 bits per heavy atom. The minimum Gasteiger partial charge on any atom is -0.456 e. The Labute approximate surface area is 215 Å². The van der Waals surface area contributed by atoms with Gasteiger partial charge in [-0.2, -0.15) is 0 Å². The van der Waals surface area contributed by atoms with Gasteiger partial charge in [-0.25, -0.2) is 8.42 Å². The van der Waals surface area contributed by atoms with Gasteiger partial charge in [-0.1, -0.05) is 30.8 Å². The van der Waals surface area contributed by atoms with E-state index in [9.17, 15) is 18.0 Å². The van der Waals surface area contributed by atoms with Gasteiger partial charge in [-0.05, 0) is 67.6 Å². The van der Waals surface area contributed by atoms with Crippen LogP contribution >= 0.6 is 0 Å². The number of pyridine rings is 1. The van der Waals surface area contributed by atoms with Crippen molar-refractivity contribution in [3.05, 3.63) is 99.8 Å². The van der Waals surface area contributed by atoms with Gasteiger partial charge in [0.2, 0.25) is 0 Å². The number of ether oxygens (including phenoxy) is 1. The van der Waals surface area contributed by atoms with Gasteiger partial charge < -0.3 is 14.6 Å². The summed E-state index contributed by atoms with van der Waals surface area (Å²) in [6.07, 6.45) is 1.65. The Morgan fingerprint density at radius 2 is 1.73 bits per heavy atom. The first-order chi connectivity index (χ1) is 17.6. The molecule has 0 radical (unpaired) electrons. The number of sulfone groups is 1. The first-order valence-electron chi connectivity index (χ1n) is 11.7. The summed E-state index contributed by atoms with van der Waals surface area (Å²) >= 11 is 0. The van der Waals surface area contributed by atoms with E-state index in [4.69, 9.17) is 4.74 Å². The Morgan fingerprint density at radius 1 is 1.03 bits per heavy atom. The summed E-state index contributed by atoms with van der Waals surface area (Å²) in [6, 6.07) is 15.3. The molecule has 1 amide bonds. The van der Waals surface area contributed by atoms with Crippen molar-refractivity contribution >= 4 is 26.5 Å². The van der Waals surface area contributed by atoms with Crippen LogP contribution in [0.5, 0.6) is 11.5 Å². The number of rotatable bonds is 7. The van der Waals surface area contributed by atoms with Crippen LogP contribution < -0.4 is 15.6 Å².